The summed E-state index contributed by atoms with van der Waals surface area (Å²) >= 11 is 0. The van der Waals surface area contributed by atoms with Crippen molar-refractivity contribution in [1.82, 2.24) is 4.90 Å². The first kappa shape index (κ1) is 15.2. The van der Waals surface area contributed by atoms with Gasteiger partial charge in [0.15, 0.2) is 0 Å². The molecule has 1 fully saturated rings. The largest absolute Gasteiger partial charge is 0.444 e. The number of nitrogens with zero attached hydrogens (tertiary/aromatic N) is 1. The number of ether oxygens (including phenoxy) is 2. The SMILES string of the molecule is CC(C)(C)OC(=O)N1CC(OCCS(C)(=O)=O)C1. The Labute approximate surface area is 108 Å². The van der Waals surface area contributed by atoms with Crippen LogP contribution >= 0.6 is 0 Å². The summed E-state index contributed by atoms with van der Waals surface area (Å²) in [7, 11) is -2.99. The highest BCUT2D eigenvalue weighted by Crippen LogP contribution is 2.16. The molecule has 0 aliphatic carbocycles. The van der Waals surface area contributed by atoms with Gasteiger partial charge in [0.1, 0.15) is 15.4 Å². The molecule has 1 aliphatic rings. The maximum atomic E-state index is 11.6. The summed E-state index contributed by atoms with van der Waals surface area (Å²) in [6.07, 6.45) is 0.731. The normalized spacial score (nSPS) is 17.4. The van der Waals surface area contributed by atoms with Crippen LogP contribution in [-0.4, -0.2) is 62.8 Å². The number of likely N-dealkylation sites (tertiary alicyclic amines) is 1. The summed E-state index contributed by atoms with van der Waals surface area (Å²) in [5, 5.41) is 0. The Balaban J connectivity index is 2.18. The fourth-order valence-corrected chi connectivity index (χ4v) is 1.78. The van der Waals surface area contributed by atoms with Crippen molar-refractivity contribution in [3.63, 3.8) is 0 Å². The maximum absolute atomic E-state index is 11.6. The van der Waals surface area contributed by atoms with Crippen molar-refractivity contribution in [1.29, 1.82) is 0 Å². The predicted octanol–water partition coefficient (Wildman–Crippen LogP) is 0.667. The number of amides is 1. The minimum atomic E-state index is -2.99. The van der Waals surface area contributed by atoms with Gasteiger partial charge in [-0.2, -0.15) is 0 Å². The van der Waals surface area contributed by atoms with E-state index in [0.717, 1.165) is 0 Å². The standard InChI is InChI=1S/C11H21NO5S/c1-11(2,3)17-10(13)12-7-9(8-12)16-5-6-18(4,14)15/h9H,5-8H2,1-4H3. The zero-order chi connectivity index (χ0) is 14.0. The number of rotatable bonds is 4. The fourth-order valence-electron chi connectivity index (χ4n) is 1.39. The van der Waals surface area contributed by atoms with Crippen LogP contribution in [0.5, 0.6) is 0 Å². The summed E-state index contributed by atoms with van der Waals surface area (Å²) in [4.78, 5) is 13.1. The number of carbonyl (C=O) groups excluding carboxylic acids is 1. The van der Waals surface area contributed by atoms with E-state index < -0.39 is 15.4 Å². The second-order valence-corrected chi connectivity index (χ2v) is 7.77. The van der Waals surface area contributed by atoms with Gasteiger partial charge < -0.3 is 14.4 Å². The van der Waals surface area contributed by atoms with Crippen molar-refractivity contribution in [3.05, 3.63) is 0 Å². The molecular formula is C11H21NO5S. The second-order valence-electron chi connectivity index (χ2n) is 5.51. The van der Waals surface area contributed by atoms with E-state index in [-0.39, 0.29) is 24.6 Å². The van der Waals surface area contributed by atoms with Crippen LogP contribution in [0.1, 0.15) is 20.8 Å². The van der Waals surface area contributed by atoms with Crippen LogP contribution in [0.3, 0.4) is 0 Å². The van der Waals surface area contributed by atoms with E-state index in [4.69, 9.17) is 9.47 Å². The second kappa shape index (κ2) is 5.44. The Morgan fingerprint density at radius 2 is 1.89 bits per heavy atom. The van der Waals surface area contributed by atoms with Gasteiger partial charge in [0, 0.05) is 6.26 Å². The van der Waals surface area contributed by atoms with Gasteiger partial charge >= 0.3 is 6.09 Å². The molecule has 0 saturated carbocycles. The summed E-state index contributed by atoms with van der Waals surface area (Å²) in [5.41, 5.74) is -0.501. The molecule has 7 heteroatoms. The van der Waals surface area contributed by atoms with Crippen molar-refractivity contribution in [2.75, 3.05) is 31.7 Å². The van der Waals surface area contributed by atoms with E-state index in [1.807, 2.05) is 20.8 Å². The molecule has 0 atom stereocenters. The average molecular weight is 279 g/mol. The van der Waals surface area contributed by atoms with E-state index in [2.05, 4.69) is 0 Å². The third-order valence-electron chi connectivity index (χ3n) is 2.31. The highest BCUT2D eigenvalue weighted by atomic mass is 32.2. The molecule has 0 spiro atoms. The molecular weight excluding hydrogens is 258 g/mol. The molecule has 0 bridgehead atoms. The van der Waals surface area contributed by atoms with Gasteiger partial charge in [0.25, 0.3) is 0 Å². The van der Waals surface area contributed by atoms with Crippen LogP contribution in [0.2, 0.25) is 0 Å². The Kier molecular flexibility index (Phi) is 4.61. The third-order valence-corrected chi connectivity index (χ3v) is 3.22. The fraction of sp³-hybridized carbons (Fsp3) is 0.909. The van der Waals surface area contributed by atoms with Crippen LogP contribution in [-0.2, 0) is 19.3 Å². The molecule has 1 aliphatic heterocycles. The molecule has 106 valence electrons. The summed E-state index contributed by atoms with van der Waals surface area (Å²) in [6.45, 7) is 6.52. The highest BCUT2D eigenvalue weighted by Gasteiger charge is 2.34. The lowest BCUT2D eigenvalue weighted by molar-refractivity contribution is -0.0591. The zero-order valence-electron chi connectivity index (χ0n) is 11.3. The van der Waals surface area contributed by atoms with Crippen LogP contribution in [0, 0.1) is 0 Å². The quantitative estimate of drug-likeness (QED) is 0.756. The van der Waals surface area contributed by atoms with E-state index in [0.29, 0.717) is 13.1 Å². The number of sulfone groups is 1. The van der Waals surface area contributed by atoms with Gasteiger partial charge in [0.2, 0.25) is 0 Å². The Morgan fingerprint density at radius 1 is 1.33 bits per heavy atom. The smallest absolute Gasteiger partial charge is 0.410 e. The maximum Gasteiger partial charge on any atom is 0.410 e. The lowest BCUT2D eigenvalue weighted by Gasteiger charge is -2.39. The summed E-state index contributed by atoms with van der Waals surface area (Å²) in [6, 6.07) is 0. The molecule has 0 unspecified atom stereocenters. The molecule has 0 aromatic heterocycles. The molecule has 6 nitrogen and oxygen atoms in total. The average Bonchev–Trinajstić information content (AvgIpc) is 2.03. The van der Waals surface area contributed by atoms with Crippen LogP contribution in [0.4, 0.5) is 4.79 Å². The molecule has 0 aromatic carbocycles. The monoisotopic (exact) mass is 279 g/mol. The highest BCUT2D eigenvalue weighted by molar-refractivity contribution is 7.90. The first-order chi connectivity index (χ1) is 8.07. The molecule has 0 radical (unpaired) electrons. The molecule has 1 rings (SSSR count). The number of carbonyl (C=O) groups is 1. The minimum Gasteiger partial charge on any atom is -0.444 e. The molecule has 1 saturated heterocycles. The van der Waals surface area contributed by atoms with Crippen molar-refractivity contribution in [2.45, 2.75) is 32.5 Å². The van der Waals surface area contributed by atoms with Gasteiger partial charge in [-0.25, -0.2) is 13.2 Å². The van der Waals surface area contributed by atoms with Crippen molar-refractivity contribution in [3.8, 4) is 0 Å². The van der Waals surface area contributed by atoms with Crippen LogP contribution < -0.4 is 0 Å². The first-order valence-electron chi connectivity index (χ1n) is 5.84. The van der Waals surface area contributed by atoms with Crippen molar-refractivity contribution >= 4 is 15.9 Å². The topological polar surface area (TPSA) is 72.9 Å². The number of hydrogen-bond donors (Lipinski definition) is 0. The van der Waals surface area contributed by atoms with Gasteiger partial charge in [-0.05, 0) is 20.8 Å². The Bertz CT molecular complexity index is 392. The summed E-state index contributed by atoms with van der Waals surface area (Å²) in [5.74, 6) is 0.00986. The van der Waals surface area contributed by atoms with E-state index in [1.165, 1.54) is 11.2 Å². The predicted molar refractivity (Wildman–Crippen MR) is 67.3 cm³/mol. The Hall–Kier alpha value is -0.820. The minimum absolute atomic E-state index is 0.00986. The Morgan fingerprint density at radius 3 is 2.33 bits per heavy atom. The molecule has 1 heterocycles. The van der Waals surface area contributed by atoms with Gasteiger partial charge in [-0.1, -0.05) is 0 Å². The molecule has 1 amide bonds. The number of hydrogen-bond acceptors (Lipinski definition) is 5. The van der Waals surface area contributed by atoms with Crippen LogP contribution in [0.15, 0.2) is 0 Å². The van der Waals surface area contributed by atoms with E-state index in [9.17, 15) is 13.2 Å². The molecule has 18 heavy (non-hydrogen) atoms. The molecule has 0 aromatic rings. The van der Waals surface area contributed by atoms with Crippen molar-refractivity contribution in [2.24, 2.45) is 0 Å². The third kappa shape index (κ3) is 5.68. The molecule has 0 N–H and O–H groups in total. The van der Waals surface area contributed by atoms with Gasteiger partial charge in [-0.15, -0.1) is 0 Å². The van der Waals surface area contributed by atoms with Crippen molar-refractivity contribution < 1.29 is 22.7 Å². The first-order valence-corrected chi connectivity index (χ1v) is 7.90. The van der Waals surface area contributed by atoms with Gasteiger partial charge in [-0.3, -0.25) is 0 Å². The van der Waals surface area contributed by atoms with E-state index in [1.54, 1.807) is 0 Å². The van der Waals surface area contributed by atoms with Gasteiger partial charge in [0.05, 0.1) is 31.6 Å². The lowest BCUT2D eigenvalue weighted by atomic mass is 10.2. The van der Waals surface area contributed by atoms with E-state index >= 15 is 0 Å². The lowest BCUT2D eigenvalue weighted by Crippen LogP contribution is -2.56. The zero-order valence-corrected chi connectivity index (χ0v) is 12.1. The van der Waals surface area contributed by atoms with Crippen LogP contribution in [0.25, 0.3) is 0 Å². The summed E-state index contributed by atoms with van der Waals surface area (Å²) < 4.78 is 32.3.